The average Bonchev–Trinajstić information content (AvgIpc) is 2.71. The van der Waals surface area contributed by atoms with Crippen LogP contribution in [0.15, 0.2) is 34.8 Å². The summed E-state index contributed by atoms with van der Waals surface area (Å²) in [5, 5.41) is 3.50. The highest BCUT2D eigenvalue weighted by Crippen LogP contribution is 2.27. The number of hydrogen-bond donors (Lipinski definition) is 2. The van der Waals surface area contributed by atoms with E-state index in [2.05, 4.69) is 65.4 Å². The lowest BCUT2D eigenvalue weighted by Gasteiger charge is -2.17. The number of thiophene rings is 1. The summed E-state index contributed by atoms with van der Waals surface area (Å²) in [6.45, 7) is 4.79. The molecule has 1 aromatic heterocycles. The van der Waals surface area contributed by atoms with E-state index >= 15 is 0 Å². The zero-order valence-electron chi connectivity index (χ0n) is 10.5. The molecule has 0 amide bonds. The van der Waals surface area contributed by atoms with Crippen LogP contribution < -0.4 is 11.1 Å². The van der Waals surface area contributed by atoms with Crippen LogP contribution in [0, 0.1) is 13.8 Å². The van der Waals surface area contributed by atoms with Crippen molar-refractivity contribution in [3.05, 3.63) is 50.1 Å². The van der Waals surface area contributed by atoms with E-state index in [4.69, 9.17) is 5.73 Å². The fourth-order valence-corrected chi connectivity index (χ4v) is 3.46. The van der Waals surface area contributed by atoms with Crippen LogP contribution in [0.4, 0.5) is 5.69 Å². The molecule has 1 heterocycles. The zero-order valence-corrected chi connectivity index (χ0v) is 12.9. The van der Waals surface area contributed by atoms with Crippen LogP contribution in [0.1, 0.15) is 21.4 Å². The SMILES string of the molecule is Cc1cc(Br)cc(NC(CN)c2ccc(C)s2)c1. The van der Waals surface area contributed by atoms with Crippen molar-refractivity contribution in [3.63, 3.8) is 0 Å². The number of benzene rings is 1. The maximum Gasteiger partial charge on any atom is 0.0728 e. The minimum atomic E-state index is 0.178. The van der Waals surface area contributed by atoms with Gasteiger partial charge in [-0.1, -0.05) is 15.9 Å². The highest BCUT2D eigenvalue weighted by Gasteiger charge is 2.11. The average molecular weight is 325 g/mol. The third-order valence-electron chi connectivity index (χ3n) is 2.72. The second-order valence-electron chi connectivity index (χ2n) is 4.40. The first-order valence-corrected chi connectivity index (χ1v) is 7.49. The molecule has 0 aliphatic heterocycles. The molecule has 1 atom stereocenters. The van der Waals surface area contributed by atoms with Gasteiger partial charge in [0.05, 0.1) is 6.04 Å². The smallest absolute Gasteiger partial charge is 0.0728 e. The van der Waals surface area contributed by atoms with E-state index in [-0.39, 0.29) is 6.04 Å². The zero-order chi connectivity index (χ0) is 13.1. The molecule has 1 unspecified atom stereocenters. The van der Waals surface area contributed by atoms with E-state index in [0.717, 1.165) is 10.2 Å². The highest BCUT2D eigenvalue weighted by molar-refractivity contribution is 9.10. The number of nitrogens with two attached hydrogens (primary N) is 1. The Morgan fingerprint density at radius 2 is 2.06 bits per heavy atom. The summed E-state index contributed by atoms with van der Waals surface area (Å²) in [6.07, 6.45) is 0. The Hall–Kier alpha value is -0.840. The third-order valence-corrected chi connectivity index (χ3v) is 4.30. The molecule has 96 valence electrons. The van der Waals surface area contributed by atoms with Crippen molar-refractivity contribution < 1.29 is 0 Å². The first-order chi connectivity index (χ1) is 8.58. The molecule has 4 heteroatoms. The van der Waals surface area contributed by atoms with E-state index in [1.54, 1.807) is 11.3 Å². The molecule has 1 aromatic carbocycles. The van der Waals surface area contributed by atoms with Crippen molar-refractivity contribution in [3.8, 4) is 0 Å². The Balaban J connectivity index is 2.20. The van der Waals surface area contributed by atoms with Gasteiger partial charge in [-0.15, -0.1) is 11.3 Å². The van der Waals surface area contributed by atoms with Crippen LogP contribution in [-0.2, 0) is 0 Å². The standard InChI is InChI=1S/C14H17BrN2S/c1-9-5-11(15)7-12(6-9)17-13(8-16)14-4-3-10(2)18-14/h3-7,13,17H,8,16H2,1-2H3. The summed E-state index contributed by atoms with van der Waals surface area (Å²) in [5.41, 5.74) is 8.20. The predicted molar refractivity (Wildman–Crippen MR) is 83.4 cm³/mol. The molecule has 18 heavy (non-hydrogen) atoms. The monoisotopic (exact) mass is 324 g/mol. The largest absolute Gasteiger partial charge is 0.376 e. The van der Waals surface area contributed by atoms with Gasteiger partial charge in [-0.2, -0.15) is 0 Å². The van der Waals surface area contributed by atoms with Gasteiger partial charge in [-0.25, -0.2) is 0 Å². The van der Waals surface area contributed by atoms with Crippen LogP contribution >= 0.6 is 27.3 Å². The number of hydrogen-bond acceptors (Lipinski definition) is 3. The highest BCUT2D eigenvalue weighted by atomic mass is 79.9. The summed E-state index contributed by atoms with van der Waals surface area (Å²) in [6, 6.07) is 10.8. The normalized spacial score (nSPS) is 12.4. The number of rotatable bonds is 4. The molecule has 3 N–H and O–H groups in total. The first kappa shape index (κ1) is 13.6. The van der Waals surface area contributed by atoms with Gasteiger partial charge in [0.15, 0.2) is 0 Å². The molecule has 2 nitrogen and oxygen atoms in total. The predicted octanol–water partition coefficient (Wildman–Crippen LogP) is 4.24. The summed E-state index contributed by atoms with van der Waals surface area (Å²) in [7, 11) is 0. The number of anilines is 1. The van der Waals surface area contributed by atoms with E-state index < -0.39 is 0 Å². The number of aryl methyl sites for hydroxylation is 2. The van der Waals surface area contributed by atoms with Gasteiger partial charge < -0.3 is 11.1 Å². The number of halogens is 1. The van der Waals surface area contributed by atoms with E-state index in [1.165, 1.54) is 15.3 Å². The van der Waals surface area contributed by atoms with E-state index in [0.29, 0.717) is 6.54 Å². The Kier molecular flexibility index (Phi) is 4.43. The first-order valence-electron chi connectivity index (χ1n) is 5.88. The van der Waals surface area contributed by atoms with Gasteiger partial charge in [-0.05, 0) is 49.7 Å². The number of nitrogens with one attached hydrogen (secondary N) is 1. The molecule has 0 aliphatic carbocycles. The molecule has 0 fully saturated rings. The molecule has 0 bridgehead atoms. The molecule has 0 aliphatic rings. The topological polar surface area (TPSA) is 38.0 Å². The fraction of sp³-hybridized carbons (Fsp3) is 0.286. The summed E-state index contributed by atoms with van der Waals surface area (Å²) in [5.74, 6) is 0. The summed E-state index contributed by atoms with van der Waals surface area (Å²) < 4.78 is 1.09. The van der Waals surface area contributed by atoms with Crippen LogP contribution in [0.5, 0.6) is 0 Å². The Labute approximate surface area is 120 Å². The Morgan fingerprint density at radius 1 is 1.28 bits per heavy atom. The maximum absolute atomic E-state index is 5.87. The lowest BCUT2D eigenvalue weighted by atomic mass is 10.2. The molecule has 0 radical (unpaired) electrons. The van der Waals surface area contributed by atoms with Gasteiger partial charge in [0.25, 0.3) is 0 Å². The lowest BCUT2D eigenvalue weighted by Crippen LogP contribution is -2.19. The molecule has 0 saturated carbocycles. The Morgan fingerprint density at radius 3 is 2.61 bits per heavy atom. The molecule has 2 aromatic rings. The van der Waals surface area contributed by atoms with Crippen molar-refractivity contribution in [1.29, 1.82) is 0 Å². The summed E-state index contributed by atoms with van der Waals surface area (Å²) >= 11 is 5.31. The van der Waals surface area contributed by atoms with Gasteiger partial charge in [0.2, 0.25) is 0 Å². The molecular formula is C14H17BrN2S. The van der Waals surface area contributed by atoms with Crippen LogP contribution in [0.2, 0.25) is 0 Å². The molecule has 0 spiro atoms. The van der Waals surface area contributed by atoms with E-state index in [9.17, 15) is 0 Å². The summed E-state index contributed by atoms with van der Waals surface area (Å²) in [4.78, 5) is 2.60. The molecule has 0 saturated heterocycles. The van der Waals surface area contributed by atoms with Gasteiger partial charge in [0.1, 0.15) is 0 Å². The van der Waals surface area contributed by atoms with Gasteiger partial charge in [-0.3, -0.25) is 0 Å². The Bertz CT molecular complexity index is 516. The van der Waals surface area contributed by atoms with Crippen LogP contribution in [0.3, 0.4) is 0 Å². The lowest BCUT2D eigenvalue weighted by molar-refractivity contribution is 0.805. The second-order valence-corrected chi connectivity index (χ2v) is 6.63. The van der Waals surface area contributed by atoms with Gasteiger partial charge >= 0.3 is 0 Å². The quantitative estimate of drug-likeness (QED) is 0.882. The van der Waals surface area contributed by atoms with Gasteiger partial charge in [0, 0.05) is 26.5 Å². The fourth-order valence-electron chi connectivity index (χ4n) is 1.91. The maximum atomic E-state index is 5.87. The van der Waals surface area contributed by atoms with E-state index in [1.807, 2.05) is 0 Å². The third kappa shape index (κ3) is 3.34. The van der Waals surface area contributed by atoms with Crippen molar-refractivity contribution in [2.75, 3.05) is 11.9 Å². The van der Waals surface area contributed by atoms with Crippen molar-refractivity contribution >= 4 is 33.0 Å². The minimum Gasteiger partial charge on any atom is -0.376 e. The van der Waals surface area contributed by atoms with Crippen molar-refractivity contribution in [2.45, 2.75) is 19.9 Å². The van der Waals surface area contributed by atoms with Crippen molar-refractivity contribution in [2.24, 2.45) is 5.73 Å². The second kappa shape index (κ2) is 5.87. The molecule has 2 rings (SSSR count). The van der Waals surface area contributed by atoms with Crippen LogP contribution in [0.25, 0.3) is 0 Å². The van der Waals surface area contributed by atoms with Crippen LogP contribution in [-0.4, -0.2) is 6.54 Å². The minimum absolute atomic E-state index is 0.178. The molecular weight excluding hydrogens is 308 g/mol. The van der Waals surface area contributed by atoms with Crippen molar-refractivity contribution in [1.82, 2.24) is 0 Å².